The maximum Gasteiger partial charge on any atom is 0.391 e. The Morgan fingerprint density at radius 1 is 1.38 bits per heavy atom. The molecule has 0 aliphatic carbocycles. The highest BCUT2D eigenvalue weighted by Crippen LogP contribution is 2.26. The van der Waals surface area contributed by atoms with Crippen LogP contribution in [0, 0.1) is 0 Å². The second-order valence-corrected chi connectivity index (χ2v) is 7.22. The van der Waals surface area contributed by atoms with Crippen molar-refractivity contribution in [2.24, 2.45) is 0 Å². The number of carbonyl (C=O) groups is 1. The molecule has 1 aromatic carbocycles. The van der Waals surface area contributed by atoms with E-state index in [-0.39, 0.29) is 10.6 Å². The summed E-state index contributed by atoms with van der Waals surface area (Å²) in [5.74, 6) is -0.856. The van der Waals surface area contributed by atoms with E-state index in [9.17, 15) is 26.4 Å². The average Bonchev–Trinajstić information content (AvgIpc) is 2.24. The van der Waals surface area contributed by atoms with E-state index in [2.05, 4.69) is 5.32 Å². The number of nitrogens with one attached hydrogen (secondary N) is 1. The van der Waals surface area contributed by atoms with Crippen molar-refractivity contribution < 1.29 is 26.4 Å². The Kier molecular flexibility index (Phi) is 5.51. The van der Waals surface area contributed by atoms with Crippen LogP contribution in [0.25, 0.3) is 0 Å². The topological polar surface area (TPSA) is 63.2 Å². The van der Waals surface area contributed by atoms with E-state index in [1.165, 1.54) is 13.0 Å². The monoisotopic (exact) mass is 363 g/mol. The lowest BCUT2D eigenvalue weighted by Gasteiger charge is -2.16. The van der Waals surface area contributed by atoms with Gasteiger partial charge in [-0.2, -0.15) is 13.2 Å². The molecule has 0 heterocycles. The molecule has 0 aliphatic heterocycles. The molecule has 0 bridgehead atoms. The minimum atomic E-state index is -4.42. The van der Waals surface area contributed by atoms with Crippen LogP contribution in [0.4, 0.5) is 13.2 Å². The van der Waals surface area contributed by atoms with Crippen LogP contribution in [0.5, 0.6) is 0 Å². The van der Waals surface area contributed by atoms with Gasteiger partial charge in [-0.3, -0.25) is 4.79 Å². The third kappa shape index (κ3) is 5.72. The van der Waals surface area contributed by atoms with Gasteiger partial charge in [0.2, 0.25) is 0 Å². The van der Waals surface area contributed by atoms with Gasteiger partial charge >= 0.3 is 6.18 Å². The fourth-order valence-corrected chi connectivity index (χ4v) is 3.03. The van der Waals surface area contributed by atoms with E-state index < -0.39 is 38.5 Å². The number of amides is 1. The Balaban J connectivity index is 2.94. The minimum absolute atomic E-state index is 0.160. The first-order chi connectivity index (χ1) is 9.40. The molecule has 0 aliphatic rings. The van der Waals surface area contributed by atoms with Crippen LogP contribution in [0.2, 0.25) is 5.02 Å². The molecule has 0 radical (unpaired) electrons. The van der Waals surface area contributed by atoms with Gasteiger partial charge < -0.3 is 5.32 Å². The molecule has 1 aromatic rings. The van der Waals surface area contributed by atoms with Crippen molar-refractivity contribution in [1.82, 2.24) is 5.32 Å². The van der Waals surface area contributed by atoms with E-state index in [1.807, 2.05) is 0 Å². The second kappa shape index (κ2) is 6.41. The predicted octanol–water partition coefficient (Wildman–Crippen LogP) is 3.34. The van der Waals surface area contributed by atoms with Crippen LogP contribution in [0.3, 0.4) is 0 Å². The van der Waals surface area contributed by atoms with Gasteiger partial charge in [-0.1, -0.05) is 11.6 Å². The summed E-state index contributed by atoms with van der Waals surface area (Å²) in [5.41, 5.74) is -0.160. The molecule has 1 unspecified atom stereocenters. The van der Waals surface area contributed by atoms with E-state index >= 15 is 0 Å². The van der Waals surface area contributed by atoms with E-state index in [4.69, 9.17) is 22.3 Å². The second-order valence-electron chi connectivity index (χ2n) is 4.28. The van der Waals surface area contributed by atoms with Gasteiger partial charge in [0.15, 0.2) is 0 Å². The SMILES string of the molecule is CC(CC(F)(F)F)NC(=O)c1ccc(Cl)c(S(=O)(=O)Cl)c1. The Hall–Kier alpha value is -0.990. The summed E-state index contributed by atoms with van der Waals surface area (Å²) in [5, 5.41) is 1.92. The largest absolute Gasteiger partial charge is 0.391 e. The molecule has 1 N–H and O–H groups in total. The number of halogens is 5. The van der Waals surface area contributed by atoms with Gasteiger partial charge in [0.25, 0.3) is 15.0 Å². The Morgan fingerprint density at radius 3 is 2.43 bits per heavy atom. The van der Waals surface area contributed by atoms with Crippen LogP contribution in [-0.2, 0) is 9.05 Å². The summed E-state index contributed by atoms with van der Waals surface area (Å²) < 4.78 is 59.0. The molecule has 0 saturated heterocycles. The number of hydrogen-bond acceptors (Lipinski definition) is 3. The summed E-state index contributed by atoms with van der Waals surface area (Å²) >= 11 is 5.63. The van der Waals surface area contributed by atoms with Gasteiger partial charge in [-0.25, -0.2) is 8.42 Å². The molecule has 0 spiro atoms. The summed E-state index contributed by atoms with van der Waals surface area (Å²) in [4.78, 5) is 11.3. The third-order valence-electron chi connectivity index (χ3n) is 2.37. The highest BCUT2D eigenvalue weighted by molar-refractivity contribution is 8.13. The quantitative estimate of drug-likeness (QED) is 0.834. The molecule has 118 valence electrons. The van der Waals surface area contributed by atoms with Crippen LogP contribution in [0.15, 0.2) is 23.1 Å². The number of alkyl halides is 3. The fraction of sp³-hybridized carbons (Fsp3) is 0.364. The maximum absolute atomic E-state index is 12.2. The Bertz CT molecular complexity index is 647. The number of rotatable bonds is 4. The fourth-order valence-electron chi connectivity index (χ4n) is 1.54. The highest BCUT2D eigenvalue weighted by Gasteiger charge is 2.30. The Morgan fingerprint density at radius 2 is 1.95 bits per heavy atom. The third-order valence-corrected chi connectivity index (χ3v) is 4.17. The van der Waals surface area contributed by atoms with Crippen molar-refractivity contribution >= 4 is 37.2 Å². The molecule has 4 nitrogen and oxygen atoms in total. The lowest BCUT2D eigenvalue weighted by Crippen LogP contribution is -2.36. The normalized spacial score (nSPS) is 13.8. The lowest BCUT2D eigenvalue weighted by molar-refractivity contribution is -0.138. The molecule has 1 atom stereocenters. The number of hydrogen-bond donors (Lipinski definition) is 1. The predicted molar refractivity (Wildman–Crippen MR) is 72.1 cm³/mol. The molecule has 0 fully saturated rings. The molecule has 1 amide bonds. The Labute approximate surface area is 128 Å². The molecule has 1 rings (SSSR count). The van der Waals surface area contributed by atoms with Gasteiger partial charge in [-0.15, -0.1) is 0 Å². The summed E-state index contributed by atoms with van der Waals surface area (Å²) in [7, 11) is 0.974. The van der Waals surface area contributed by atoms with Gasteiger partial charge in [0, 0.05) is 22.3 Å². The zero-order chi connectivity index (χ0) is 16.4. The van der Waals surface area contributed by atoms with E-state index in [0.29, 0.717) is 0 Å². The van der Waals surface area contributed by atoms with Crippen molar-refractivity contribution in [1.29, 1.82) is 0 Å². The number of benzene rings is 1. The van der Waals surface area contributed by atoms with Crippen molar-refractivity contribution in [2.45, 2.75) is 30.5 Å². The van der Waals surface area contributed by atoms with Gasteiger partial charge in [0.05, 0.1) is 11.4 Å². The van der Waals surface area contributed by atoms with Crippen LogP contribution in [0.1, 0.15) is 23.7 Å². The van der Waals surface area contributed by atoms with Crippen molar-refractivity contribution in [3.05, 3.63) is 28.8 Å². The zero-order valence-electron chi connectivity index (χ0n) is 10.5. The van der Waals surface area contributed by atoms with Crippen molar-refractivity contribution in [3.63, 3.8) is 0 Å². The minimum Gasteiger partial charge on any atom is -0.349 e. The molecular weight excluding hydrogens is 354 g/mol. The molecule has 10 heteroatoms. The molecule has 0 saturated carbocycles. The number of carbonyl (C=O) groups excluding carboxylic acids is 1. The average molecular weight is 364 g/mol. The molecular formula is C11H10Cl2F3NO3S. The first-order valence-electron chi connectivity index (χ1n) is 5.52. The zero-order valence-corrected chi connectivity index (χ0v) is 12.9. The van der Waals surface area contributed by atoms with Crippen molar-refractivity contribution in [2.75, 3.05) is 0 Å². The van der Waals surface area contributed by atoms with E-state index in [0.717, 1.165) is 12.1 Å². The summed E-state index contributed by atoms with van der Waals surface area (Å²) in [6.07, 6.45) is -5.62. The summed E-state index contributed by atoms with van der Waals surface area (Å²) in [6, 6.07) is 2.05. The molecule has 21 heavy (non-hydrogen) atoms. The highest BCUT2D eigenvalue weighted by atomic mass is 35.7. The van der Waals surface area contributed by atoms with E-state index in [1.54, 1.807) is 0 Å². The summed E-state index contributed by atoms with van der Waals surface area (Å²) in [6.45, 7) is 1.18. The smallest absolute Gasteiger partial charge is 0.349 e. The molecule has 0 aromatic heterocycles. The lowest BCUT2D eigenvalue weighted by atomic mass is 10.1. The van der Waals surface area contributed by atoms with Crippen LogP contribution >= 0.6 is 22.3 Å². The standard InChI is InChI=1S/C11H10Cl2F3NO3S/c1-6(5-11(14,15)16)17-10(18)7-2-3-8(12)9(4-7)21(13,19)20/h2-4,6H,5H2,1H3,(H,17,18). The van der Waals surface area contributed by atoms with Crippen molar-refractivity contribution in [3.8, 4) is 0 Å². The maximum atomic E-state index is 12.2. The van der Waals surface area contributed by atoms with Crippen LogP contribution in [-0.4, -0.2) is 26.5 Å². The first-order valence-corrected chi connectivity index (χ1v) is 8.20. The van der Waals surface area contributed by atoms with Gasteiger partial charge in [0.1, 0.15) is 4.90 Å². The first kappa shape index (κ1) is 18.1. The van der Waals surface area contributed by atoms with Crippen LogP contribution < -0.4 is 5.32 Å². The van der Waals surface area contributed by atoms with Gasteiger partial charge in [-0.05, 0) is 25.1 Å².